The van der Waals surface area contributed by atoms with Gasteiger partial charge in [0.2, 0.25) is 5.91 Å². The van der Waals surface area contributed by atoms with Gasteiger partial charge in [-0.3, -0.25) is 9.59 Å². The highest BCUT2D eigenvalue weighted by atomic mass is 16.5. The fourth-order valence-electron chi connectivity index (χ4n) is 5.79. The second-order valence-corrected chi connectivity index (χ2v) is 10.1. The molecule has 196 valence electrons. The van der Waals surface area contributed by atoms with E-state index in [1.165, 1.54) is 16.0 Å². The number of amides is 2. The van der Waals surface area contributed by atoms with Crippen molar-refractivity contribution in [2.24, 2.45) is 5.92 Å². The minimum absolute atomic E-state index is 0.0172. The molecule has 2 aliphatic rings. The van der Waals surface area contributed by atoms with E-state index in [0.717, 1.165) is 29.5 Å². The van der Waals surface area contributed by atoms with Crippen LogP contribution in [0.25, 0.3) is 11.1 Å². The van der Waals surface area contributed by atoms with Gasteiger partial charge in [-0.2, -0.15) is 0 Å². The van der Waals surface area contributed by atoms with Crippen molar-refractivity contribution in [2.75, 3.05) is 13.2 Å². The van der Waals surface area contributed by atoms with Gasteiger partial charge in [0.05, 0.1) is 0 Å². The van der Waals surface area contributed by atoms with Gasteiger partial charge in [-0.05, 0) is 47.1 Å². The zero-order chi connectivity index (χ0) is 26.5. The predicted molar refractivity (Wildman–Crippen MR) is 143 cm³/mol. The lowest BCUT2D eigenvalue weighted by molar-refractivity contribution is -0.147. The van der Waals surface area contributed by atoms with Crippen molar-refractivity contribution in [1.29, 1.82) is 0 Å². The van der Waals surface area contributed by atoms with Crippen molar-refractivity contribution >= 4 is 18.0 Å². The summed E-state index contributed by atoms with van der Waals surface area (Å²) in [5, 5.41) is 12.3. The molecule has 0 unspecified atom stereocenters. The quantitative estimate of drug-likeness (QED) is 0.433. The Kier molecular flexibility index (Phi) is 7.73. The van der Waals surface area contributed by atoms with Gasteiger partial charge in [0.1, 0.15) is 13.2 Å². The molecule has 7 nitrogen and oxygen atoms in total. The summed E-state index contributed by atoms with van der Waals surface area (Å²) >= 11 is 0. The first-order valence-corrected chi connectivity index (χ1v) is 13.2. The fourth-order valence-corrected chi connectivity index (χ4v) is 5.79. The van der Waals surface area contributed by atoms with Gasteiger partial charge in [0.15, 0.2) is 0 Å². The molecule has 0 radical (unpaired) electrons. The van der Waals surface area contributed by atoms with Gasteiger partial charge in [-0.1, -0.05) is 85.3 Å². The number of carboxylic acid groups (broad SMARTS) is 1. The Balaban J connectivity index is 1.18. The predicted octanol–water partition coefficient (Wildman–Crippen LogP) is 5.20. The van der Waals surface area contributed by atoms with Crippen LogP contribution < -0.4 is 5.32 Å². The maximum Gasteiger partial charge on any atom is 0.407 e. The molecule has 0 spiro atoms. The standard InChI is InChI=1S/C31H32N2O5/c34-29(35)19-33(18-21-9-2-1-3-10-21)30(36)22-11-8-12-23(17-22)32-31(37)38-20-28-26-15-6-4-13-24(26)25-14-5-7-16-27(25)28/h1-7,9-10,13-16,22-23,28H,8,11-12,17-20H2,(H,32,37)(H,34,35)/t22-,23+/m0/s1. The van der Waals surface area contributed by atoms with Gasteiger partial charge in [-0.25, -0.2) is 4.79 Å². The third-order valence-corrected chi connectivity index (χ3v) is 7.54. The van der Waals surface area contributed by atoms with Crippen molar-refractivity contribution < 1.29 is 24.2 Å². The third kappa shape index (κ3) is 5.72. The first-order chi connectivity index (χ1) is 18.5. The normalized spacial score (nSPS) is 18.2. The molecular weight excluding hydrogens is 480 g/mol. The van der Waals surface area contributed by atoms with Crippen LogP contribution >= 0.6 is 0 Å². The molecule has 2 N–H and O–H groups in total. The number of carbonyl (C=O) groups is 3. The van der Waals surface area contributed by atoms with Crippen molar-refractivity contribution in [2.45, 2.75) is 44.2 Å². The first kappa shape index (κ1) is 25.5. The molecule has 3 aromatic rings. The summed E-state index contributed by atoms with van der Waals surface area (Å²) in [4.78, 5) is 39.0. The minimum Gasteiger partial charge on any atom is -0.480 e. The smallest absolute Gasteiger partial charge is 0.407 e. The van der Waals surface area contributed by atoms with E-state index in [9.17, 15) is 19.5 Å². The zero-order valence-corrected chi connectivity index (χ0v) is 21.2. The van der Waals surface area contributed by atoms with E-state index in [4.69, 9.17) is 4.74 Å². The van der Waals surface area contributed by atoms with Crippen LogP contribution in [-0.4, -0.2) is 47.2 Å². The molecule has 0 heterocycles. The van der Waals surface area contributed by atoms with E-state index < -0.39 is 12.1 Å². The van der Waals surface area contributed by atoms with Gasteiger partial charge in [0, 0.05) is 24.4 Å². The fraction of sp³-hybridized carbons (Fsp3) is 0.323. The summed E-state index contributed by atoms with van der Waals surface area (Å²) in [5.41, 5.74) is 5.54. The Morgan fingerprint density at radius 3 is 2.16 bits per heavy atom. The molecule has 5 rings (SSSR count). The van der Waals surface area contributed by atoms with E-state index >= 15 is 0 Å². The summed E-state index contributed by atoms with van der Waals surface area (Å²) < 4.78 is 5.69. The molecule has 0 saturated heterocycles. The Bertz CT molecular complexity index is 1260. The summed E-state index contributed by atoms with van der Waals surface area (Å²) in [6.45, 7) is 0.125. The van der Waals surface area contributed by atoms with E-state index in [1.807, 2.05) is 54.6 Å². The minimum atomic E-state index is -1.04. The van der Waals surface area contributed by atoms with Crippen LogP contribution in [0.2, 0.25) is 0 Å². The summed E-state index contributed by atoms with van der Waals surface area (Å²) in [6, 6.07) is 25.6. The van der Waals surface area contributed by atoms with Gasteiger partial charge < -0.3 is 20.1 Å². The second kappa shape index (κ2) is 11.5. The van der Waals surface area contributed by atoms with Crippen molar-refractivity contribution in [3.8, 4) is 11.1 Å². The molecule has 2 aliphatic carbocycles. The average Bonchev–Trinajstić information content (AvgIpc) is 3.25. The average molecular weight is 513 g/mol. The van der Waals surface area contributed by atoms with Crippen LogP contribution in [0.15, 0.2) is 78.9 Å². The zero-order valence-electron chi connectivity index (χ0n) is 21.2. The van der Waals surface area contributed by atoms with Crippen molar-refractivity contribution in [3.63, 3.8) is 0 Å². The van der Waals surface area contributed by atoms with E-state index in [2.05, 4.69) is 29.6 Å². The topological polar surface area (TPSA) is 95.9 Å². The molecule has 0 aliphatic heterocycles. The molecule has 7 heteroatoms. The maximum atomic E-state index is 13.3. The number of fused-ring (bicyclic) bond motifs is 3. The lowest BCUT2D eigenvalue weighted by atomic mass is 9.84. The highest BCUT2D eigenvalue weighted by Gasteiger charge is 2.33. The second-order valence-electron chi connectivity index (χ2n) is 10.1. The number of carboxylic acids is 1. The Labute approximate surface area is 222 Å². The number of alkyl carbamates (subject to hydrolysis) is 1. The van der Waals surface area contributed by atoms with Gasteiger partial charge in [-0.15, -0.1) is 0 Å². The number of ether oxygens (including phenoxy) is 1. The molecule has 2 atom stereocenters. The molecule has 38 heavy (non-hydrogen) atoms. The van der Waals surface area contributed by atoms with Crippen LogP contribution in [0.5, 0.6) is 0 Å². The van der Waals surface area contributed by atoms with E-state index in [0.29, 0.717) is 12.8 Å². The number of rotatable bonds is 8. The number of nitrogens with one attached hydrogen (secondary N) is 1. The monoisotopic (exact) mass is 512 g/mol. The molecule has 0 bridgehead atoms. The number of aliphatic carboxylic acids is 1. The third-order valence-electron chi connectivity index (χ3n) is 7.54. The van der Waals surface area contributed by atoms with Crippen molar-refractivity contribution in [3.05, 3.63) is 95.6 Å². The van der Waals surface area contributed by atoms with Crippen LogP contribution in [0.1, 0.15) is 48.3 Å². The van der Waals surface area contributed by atoms with Gasteiger partial charge >= 0.3 is 12.1 Å². The summed E-state index contributed by atoms with van der Waals surface area (Å²) in [7, 11) is 0. The van der Waals surface area contributed by atoms with Crippen LogP contribution in [-0.2, 0) is 20.9 Å². The molecule has 0 aromatic heterocycles. The van der Waals surface area contributed by atoms with Crippen LogP contribution in [0.3, 0.4) is 0 Å². The van der Waals surface area contributed by atoms with Crippen LogP contribution in [0.4, 0.5) is 4.79 Å². The number of nitrogens with zero attached hydrogens (tertiary/aromatic N) is 1. The lowest BCUT2D eigenvalue weighted by Crippen LogP contribution is -2.45. The lowest BCUT2D eigenvalue weighted by Gasteiger charge is -2.32. The molecule has 1 fully saturated rings. The van der Waals surface area contributed by atoms with Crippen LogP contribution in [0, 0.1) is 5.92 Å². The van der Waals surface area contributed by atoms with Gasteiger partial charge in [0.25, 0.3) is 0 Å². The summed E-state index contributed by atoms with van der Waals surface area (Å²) in [5.74, 6) is -1.59. The number of benzene rings is 3. The highest BCUT2D eigenvalue weighted by Crippen LogP contribution is 2.44. The number of hydrogen-bond donors (Lipinski definition) is 2. The molecule has 2 amide bonds. The summed E-state index contributed by atoms with van der Waals surface area (Å²) in [6.07, 6.45) is 2.18. The number of hydrogen-bond acceptors (Lipinski definition) is 4. The molecule has 1 saturated carbocycles. The number of carbonyl (C=O) groups excluding carboxylic acids is 2. The highest BCUT2D eigenvalue weighted by molar-refractivity contribution is 5.83. The van der Waals surface area contributed by atoms with Crippen molar-refractivity contribution in [1.82, 2.24) is 10.2 Å². The Morgan fingerprint density at radius 1 is 0.868 bits per heavy atom. The van der Waals surface area contributed by atoms with E-state index in [-0.39, 0.29) is 43.5 Å². The van der Waals surface area contributed by atoms with E-state index in [1.54, 1.807) is 0 Å². The molecule has 3 aromatic carbocycles. The Morgan fingerprint density at radius 2 is 1.50 bits per heavy atom. The largest absolute Gasteiger partial charge is 0.480 e. The maximum absolute atomic E-state index is 13.3. The Hall–Kier alpha value is -4.13. The molecular formula is C31H32N2O5. The SMILES string of the molecule is O=C(O)CN(Cc1ccccc1)C(=O)[C@H]1CCC[C@@H](NC(=O)OCC2c3ccccc3-c3ccccc32)C1. The first-order valence-electron chi connectivity index (χ1n) is 13.2.